The fourth-order valence-corrected chi connectivity index (χ4v) is 3.28. The molecule has 0 spiro atoms. The minimum atomic E-state index is -0.552. The number of piperazine rings is 1. The molecule has 0 aliphatic carbocycles. The summed E-state index contributed by atoms with van der Waals surface area (Å²) in [6, 6.07) is 7.78. The molecule has 0 saturated carbocycles. The van der Waals surface area contributed by atoms with Gasteiger partial charge in [-0.15, -0.1) is 5.10 Å². The van der Waals surface area contributed by atoms with Crippen LogP contribution in [0.15, 0.2) is 30.5 Å². The van der Waals surface area contributed by atoms with Crippen LogP contribution in [0.2, 0.25) is 5.02 Å². The Hall–Kier alpha value is -2.65. The lowest BCUT2D eigenvalue weighted by Crippen LogP contribution is -2.48. The van der Waals surface area contributed by atoms with Crippen molar-refractivity contribution >= 4 is 23.2 Å². The molecule has 1 aromatic carbocycles. The van der Waals surface area contributed by atoms with Gasteiger partial charge in [-0.05, 0) is 17.7 Å². The van der Waals surface area contributed by atoms with E-state index in [4.69, 9.17) is 16.3 Å². The highest BCUT2D eigenvalue weighted by Gasteiger charge is 2.23. The van der Waals surface area contributed by atoms with Crippen LogP contribution in [0.3, 0.4) is 0 Å². The van der Waals surface area contributed by atoms with E-state index in [1.807, 2.05) is 29.2 Å². The number of nitrogens with zero attached hydrogens (tertiary/aromatic N) is 5. The zero-order valence-corrected chi connectivity index (χ0v) is 16.3. The Balaban J connectivity index is 1.46. The van der Waals surface area contributed by atoms with E-state index in [-0.39, 0.29) is 30.4 Å². The Morgan fingerprint density at radius 1 is 1.25 bits per heavy atom. The third-order valence-electron chi connectivity index (χ3n) is 4.70. The molecule has 0 unspecified atom stereocenters. The Kier molecular flexibility index (Phi) is 6.48. The Labute approximate surface area is 167 Å². The van der Waals surface area contributed by atoms with Crippen LogP contribution >= 0.6 is 11.6 Å². The second-order valence-electron chi connectivity index (χ2n) is 6.58. The minimum Gasteiger partial charge on any atom is -0.475 e. The molecule has 150 valence electrons. The third kappa shape index (κ3) is 4.99. The van der Waals surface area contributed by atoms with Gasteiger partial charge in [0.05, 0.1) is 18.6 Å². The summed E-state index contributed by atoms with van der Waals surface area (Å²) < 4.78 is 6.28. The highest BCUT2D eigenvalue weighted by Crippen LogP contribution is 2.24. The number of nitro groups is 1. The van der Waals surface area contributed by atoms with Crippen molar-refractivity contribution in [3.63, 3.8) is 0 Å². The summed E-state index contributed by atoms with van der Waals surface area (Å²) in [5.74, 6) is -0.0310. The molecule has 1 aliphatic rings. The topological polar surface area (TPSA) is 93.7 Å². The van der Waals surface area contributed by atoms with Gasteiger partial charge in [-0.25, -0.2) is 0 Å². The standard InChI is InChI=1S/C18H22ClN5O4/c1-28-18-16(24(26)27)13-23(20-18)7-6-17(25)22-10-8-21(9-11-22)12-14-2-4-15(19)5-3-14/h2-5,13H,6-12H2,1H3. The maximum absolute atomic E-state index is 12.5. The largest absolute Gasteiger partial charge is 0.475 e. The van der Waals surface area contributed by atoms with Crippen LogP contribution in [-0.4, -0.2) is 63.7 Å². The van der Waals surface area contributed by atoms with Gasteiger partial charge in [0.15, 0.2) is 0 Å². The SMILES string of the molecule is COc1nn(CCC(=O)N2CCN(Cc3ccc(Cl)cc3)CC2)cc1[N+](=O)[O-]. The predicted octanol–water partition coefficient (Wildman–Crippen LogP) is 2.19. The summed E-state index contributed by atoms with van der Waals surface area (Å²) in [5.41, 5.74) is 0.990. The predicted molar refractivity (Wildman–Crippen MR) is 103 cm³/mol. The van der Waals surface area contributed by atoms with Gasteiger partial charge in [0.25, 0.3) is 0 Å². The van der Waals surface area contributed by atoms with Crippen LogP contribution in [0.5, 0.6) is 5.88 Å². The van der Waals surface area contributed by atoms with E-state index in [0.717, 1.165) is 24.7 Å². The van der Waals surface area contributed by atoms with E-state index in [9.17, 15) is 14.9 Å². The van der Waals surface area contributed by atoms with Gasteiger partial charge in [-0.3, -0.25) is 24.5 Å². The molecule has 1 fully saturated rings. The van der Waals surface area contributed by atoms with Crippen molar-refractivity contribution in [1.82, 2.24) is 19.6 Å². The van der Waals surface area contributed by atoms with Crippen molar-refractivity contribution in [2.75, 3.05) is 33.3 Å². The number of ether oxygens (including phenoxy) is 1. The number of amides is 1. The molecule has 2 heterocycles. The van der Waals surface area contributed by atoms with Gasteiger partial charge in [0.2, 0.25) is 5.91 Å². The van der Waals surface area contributed by atoms with Gasteiger partial charge in [0, 0.05) is 44.2 Å². The molecule has 0 atom stereocenters. The maximum atomic E-state index is 12.5. The number of benzene rings is 1. The van der Waals surface area contributed by atoms with E-state index in [0.29, 0.717) is 13.1 Å². The number of aromatic nitrogens is 2. The van der Waals surface area contributed by atoms with E-state index in [2.05, 4.69) is 10.00 Å². The zero-order chi connectivity index (χ0) is 20.1. The molecule has 1 aliphatic heterocycles. The number of halogens is 1. The summed E-state index contributed by atoms with van der Waals surface area (Å²) in [7, 11) is 1.33. The molecule has 1 aromatic heterocycles. The van der Waals surface area contributed by atoms with Gasteiger partial charge in [-0.2, -0.15) is 0 Å². The summed E-state index contributed by atoms with van der Waals surface area (Å²) in [5, 5.41) is 15.7. The van der Waals surface area contributed by atoms with E-state index >= 15 is 0 Å². The van der Waals surface area contributed by atoms with Crippen LogP contribution in [0.4, 0.5) is 5.69 Å². The summed E-state index contributed by atoms with van der Waals surface area (Å²) in [6.45, 7) is 4.03. The van der Waals surface area contributed by atoms with Crippen LogP contribution in [0.1, 0.15) is 12.0 Å². The van der Waals surface area contributed by atoms with E-state index < -0.39 is 4.92 Å². The first-order valence-electron chi connectivity index (χ1n) is 8.96. The average Bonchev–Trinajstić information content (AvgIpc) is 3.12. The van der Waals surface area contributed by atoms with Gasteiger partial charge < -0.3 is 9.64 Å². The number of hydrogen-bond donors (Lipinski definition) is 0. The van der Waals surface area contributed by atoms with Gasteiger partial charge in [0.1, 0.15) is 6.20 Å². The van der Waals surface area contributed by atoms with Crippen molar-refractivity contribution < 1.29 is 14.5 Å². The number of carbonyl (C=O) groups is 1. The summed E-state index contributed by atoms with van der Waals surface area (Å²) in [4.78, 5) is 27.0. The van der Waals surface area contributed by atoms with Crippen LogP contribution in [0.25, 0.3) is 0 Å². The number of rotatable bonds is 7. The van der Waals surface area contributed by atoms with Crippen molar-refractivity contribution in [2.45, 2.75) is 19.5 Å². The molecular weight excluding hydrogens is 386 g/mol. The fourth-order valence-electron chi connectivity index (χ4n) is 3.15. The molecule has 1 amide bonds. The molecule has 2 aromatic rings. The zero-order valence-electron chi connectivity index (χ0n) is 15.6. The Morgan fingerprint density at radius 3 is 2.50 bits per heavy atom. The lowest BCUT2D eigenvalue weighted by atomic mass is 10.2. The first-order valence-corrected chi connectivity index (χ1v) is 9.34. The quantitative estimate of drug-likeness (QED) is 0.516. The number of carbonyl (C=O) groups excluding carboxylic acids is 1. The average molecular weight is 408 g/mol. The van der Waals surface area contributed by atoms with Gasteiger partial charge in [-0.1, -0.05) is 23.7 Å². The summed E-state index contributed by atoms with van der Waals surface area (Å²) >= 11 is 5.91. The normalized spacial score (nSPS) is 14.9. The van der Waals surface area contributed by atoms with Crippen LogP contribution < -0.4 is 4.74 Å². The molecule has 0 radical (unpaired) electrons. The highest BCUT2D eigenvalue weighted by atomic mass is 35.5. The smallest absolute Gasteiger partial charge is 0.350 e. The van der Waals surface area contributed by atoms with Gasteiger partial charge >= 0.3 is 11.6 Å². The number of aryl methyl sites for hydroxylation is 1. The van der Waals surface area contributed by atoms with E-state index in [1.165, 1.54) is 23.6 Å². The molecule has 10 heteroatoms. The second-order valence-corrected chi connectivity index (χ2v) is 7.01. The number of hydrogen-bond acceptors (Lipinski definition) is 6. The van der Waals surface area contributed by atoms with Crippen LogP contribution in [0, 0.1) is 10.1 Å². The number of methoxy groups -OCH3 is 1. The summed E-state index contributed by atoms with van der Waals surface area (Å²) in [6.07, 6.45) is 1.52. The third-order valence-corrected chi connectivity index (χ3v) is 4.95. The lowest BCUT2D eigenvalue weighted by Gasteiger charge is -2.34. The minimum absolute atomic E-state index is 0.0169. The molecule has 9 nitrogen and oxygen atoms in total. The molecular formula is C18H22ClN5O4. The molecule has 3 rings (SSSR count). The Bertz CT molecular complexity index is 831. The molecule has 1 saturated heterocycles. The van der Waals surface area contributed by atoms with E-state index in [1.54, 1.807) is 0 Å². The first-order chi connectivity index (χ1) is 13.5. The monoisotopic (exact) mass is 407 g/mol. The first kappa shape index (κ1) is 20.1. The Morgan fingerprint density at radius 2 is 1.93 bits per heavy atom. The van der Waals surface area contributed by atoms with Crippen molar-refractivity contribution in [3.05, 3.63) is 51.2 Å². The molecule has 0 bridgehead atoms. The lowest BCUT2D eigenvalue weighted by molar-refractivity contribution is -0.385. The highest BCUT2D eigenvalue weighted by molar-refractivity contribution is 6.30. The van der Waals surface area contributed by atoms with Crippen molar-refractivity contribution in [2.24, 2.45) is 0 Å². The fraction of sp³-hybridized carbons (Fsp3) is 0.444. The molecule has 0 N–H and O–H groups in total. The maximum Gasteiger partial charge on any atom is 0.350 e. The molecule has 28 heavy (non-hydrogen) atoms. The van der Waals surface area contributed by atoms with Crippen LogP contribution in [-0.2, 0) is 17.9 Å². The van der Waals surface area contributed by atoms with Crippen molar-refractivity contribution in [1.29, 1.82) is 0 Å². The van der Waals surface area contributed by atoms with Crippen molar-refractivity contribution in [3.8, 4) is 5.88 Å². The second kappa shape index (κ2) is 9.03.